The third-order valence-electron chi connectivity index (χ3n) is 4.00. The summed E-state index contributed by atoms with van der Waals surface area (Å²) in [4.78, 5) is 19.8. The second-order valence-electron chi connectivity index (χ2n) is 5.75. The van der Waals surface area contributed by atoms with Crippen LogP contribution >= 0.6 is 0 Å². The van der Waals surface area contributed by atoms with Crippen LogP contribution in [0, 0.1) is 6.92 Å². The molecule has 122 valence electrons. The molecule has 1 amide bonds. The zero-order valence-electron chi connectivity index (χ0n) is 13.3. The van der Waals surface area contributed by atoms with Gasteiger partial charge in [0.2, 0.25) is 6.79 Å². The number of carbonyl (C=O) groups is 1. The highest BCUT2D eigenvalue weighted by Crippen LogP contribution is 2.32. The molecule has 1 aliphatic rings. The first kappa shape index (κ1) is 14.6. The minimum atomic E-state index is -0.119. The van der Waals surface area contributed by atoms with Gasteiger partial charge in [-0.2, -0.15) is 0 Å². The van der Waals surface area contributed by atoms with Gasteiger partial charge in [0.05, 0.1) is 11.0 Å². The van der Waals surface area contributed by atoms with Crippen molar-refractivity contribution in [1.82, 2.24) is 15.3 Å². The number of aryl methyl sites for hydroxylation is 1. The number of nitrogens with one attached hydrogen (secondary N) is 2. The molecule has 0 aliphatic carbocycles. The summed E-state index contributed by atoms with van der Waals surface area (Å²) in [5.41, 5.74) is 3.70. The van der Waals surface area contributed by atoms with Crippen LogP contribution < -0.4 is 14.8 Å². The largest absolute Gasteiger partial charge is 0.454 e. The summed E-state index contributed by atoms with van der Waals surface area (Å²) in [6.45, 7) is 2.70. The first-order valence-electron chi connectivity index (χ1n) is 7.82. The number of hydrogen-bond donors (Lipinski definition) is 2. The molecule has 4 rings (SSSR count). The maximum atomic E-state index is 12.2. The van der Waals surface area contributed by atoms with Crippen molar-refractivity contribution < 1.29 is 14.3 Å². The quantitative estimate of drug-likeness (QED) is 0.774. The van der Waals surface area contributed by atoms with Crippen molar-refractivity contribution in [1.29, 1.82) is 0 Å². The molecule has 2 N–H and O–H groups in total. The SMILES string of the molecule is Cc1nc2ccc(CCNC(=O)c3ccc4c(c3)OCO4)cc2[nH]1. The number of fused-ring (bicyclic) bond motifs is 2. The van der Waals surface area contributed by atoms with E-state index in [0.717, 1.165) is 28.8 Å². The van der Waals surface area contributed by atoms with E-state index >= 15 is 0 Å². The monoisotopic (exact) mass is 323 g/mol. The Labute approximate surface area is 138 Å². The number of aromatic amines is 1. The van der Waals surface area contributed by atoms with Gasteiger partial charge in [0.25, 0.3) is 5.91 Å². The molecule has 2 aromatic carbocycles. The fraction of sp³-hybridized carbons (Fsp3) is 0.222. The molecule has 1 aromatic heterocycles. The lowest BCUT2D eigenvalue weighted by Crippen LogP contribution is -2.25. The van der Waals surface area contributed by atoms with Crippen LogP contribution in [0.3, 0.4) is 0 Å². The highest BCUT2D eigenvalue weighted by atomic mass is 16.7. The fourth-order valence-corrected chi connectivity index (χ4v) is 2.80. The van der Waals surface area contributed by atoms with Crippen molar-refractivity contribution in [3.05, 3.63) is 53.3 Å². The van der Waals surface area contributed by atoms with Crippen LogP contribution in [0.1, 0.15) is 21.7 Å². The second kappa shape index (κ2) is 5.88. The molecule has 0 fully saturated rings. The number of aromatic nitrogens is 2. The normalized spacial score (nSPS) is 12.5. The van der Waals surface area contributed by atoms with Crippen LogP contribution in [0.25, 0.3) is 11.0 Å². The Morgan fingerprint density at radius 1 is 1.21 bits per heavy atom. The Morgan fingerprint density at radius 3 is 3.00 bits per heavy atom. The Bertz CT molecular complexity index is 917. The van der Waals surface area contributed by atoms with Crippen molar-refractivity contribution in [2.45, 2.75) is 13.3 Å². The van der Waals surface area contributed by atoms with E-state index in [0.29, 0.717) is 23.6 Å². The lowest BCUT2D eigenvalue weighted by Gasteiger charge is -2.06. The van der Waals surface area contributed by atoms with E-state index in [1.807, 2.05) is 19.1 Å². The Kier molecular flexibility index (Phi) is 3.57. The predicted octanol–water partition coefficient (Wildman–Crippen LogP) is 2.57. The summed E-state index contributed by atoms with van der Waals surface area (Å²) in [6, 6.07) is 11.3. The molecule has 0 saturated carbocycles. The highest BCUT2D eigenvalue weighted by molar-refractivity contribution is 5.94. The number of benzene rings is 2. The second-order valence-corrected chi connectivity index (χ2v) is 5.75. The number of H-pyrrole nitrogens is 1. The lowest BCUT2D eigenvalue weighted by atomic mass is 10.1. The zero-order valence-corrected chi connectivity index (χ0v) is 13.3. The minimum absolute atomic E-state index is 0.119. The van der Waals surface area contributed by atoms with Gasteiger partial charge in [-0.1, -0.05) is 6.07 Å². The maximum Gasteiger partial charge on any atom is 0.251 e. The van der Waals surface area contributed by atoms with Gasteiger partial charge >= 0.3 is 0 Å². The number of nitrogens with zero attached hydrogens (tertiary/aromatic N) is 1. The van der Waals surface area contributed by atoms with Crippen molar-refractivity contribution in [2.24, 2.45) is 0 Å². The number of amides is 1. The third kappa shape index (κ3) is 2.78. The van der Waals surface area contributed by atoms with Crippen LogP contribution in [0.5, 0.6) is 11.5 Å². The van der Waals surface area contributed by atoms with Gasteiger partial charge in [0, 0.05) is 12.1 Å². The van der Waals surface area contributed by atoms with Crippen molar-refractivity contribution in [3.8, 4) is 11.5 Å². The highest BCUT2D eigenvalue weighted by Gasteiger charge is 2.15. The molecular formula is C18H17N3O3. The Morgan fingerprint density at radius 2 is 2.08 bits per heavy atom. The van der Waals surface area contributed by atoms with Crippen LogP contribution in [0.4, 0.5) is 0 Å². The lowest BCUT2D eigenvalue weighted by molar-refractivity contribution is 0.0953. The molecule has 0 spiro atoms. The van der Waals surface area contributed by atoms with Crippen LogP contribution in [-0.2, 0) is 6.42 Å². The summed E-state index contributed by atoms with van der Waals surface area (Å²) >= 11 is 0. The summed E-state index contributed by atoms with van der Waals surface area (Å²) < 4.78 is 10.5. The minimum Gasteiger partial charge on any atom is -0.454 e. The summed E-state index contributed by atoms with van der Waals surface area (Å²) in [6.07, 6.45) is 0.754. The first-order chi connectivity index (χ1) is 11.7. The number of ether oxygens (including phenoxy) is 2. The van der Waals surface area contributed by atoms with Crippen molar-refractivity contribution in [3.63, 3.8) is 0 Å². The van der Waals surface area contributed by atoms with E-state index in [1.165, 1.54) is 0 Å². The number of carbonyl (C=O) groups excluding carboxylic acids is 1. The average molecular weight is 323 g/mol. The molecular weight excluding hydrogens is 306 g/mol. The average Bonchev–Trinajstić information content (AvgIpc) is 3.18. The maximum absolute atomic E-state index is 12.2. The molecule has 1 aliphatic heterocycles. The van der Waals surface area contributed by atoms with E-state index in [9.17, 15) is 4.79 Å². The first-order valence-corrected chi connectivity index (χ1v) is 7.82. The van der Waals surface area contributed by atoms with E-state index in [2.05, 4.69) is 21.4 Å². The standard InChI is InChI=1S/C18H17N3O3/c1-11-20-14-4-2-12(8-15(14)21-11)6-7-19-18(22)13-3-5-16-17(9-13)24-10-23-16/h2-5,8-9H,6-7,10H2,1H3,(H,19,22)(H,20,21). The van der Waals surface area contributed by atoms with Gasteiger partial charge in [-0.15, -0.1) is 0 Å². The predicted molar refractivity (Wildman–Crippen MR) is 89.4 cm³/mol. The van der Waals surface area contributed by atoms with Gasteiger partial charge < -0.3 is 19.8 Å². The van der Waals surface area contributed by atoms with Crippen molar-refractivity contribution in [2.75, 3.05) is 13.3 Å². The summed E-state index contributed by atoms with van der Waals surface area (Å²) in [7, 11) is 0. The van der Waals surface area contributed by atoms with Gasteiger partial charge in [-0.05, 0) is 49.2 Å². The van der Waals surface area contributed by atoms with Gasteiger partial charge in [0.15, 0.2) is 11.5 Å². The van der Waals surface area contributed by atoms with E-state index in [1.54, 1.807) is 18.2 Å². The van der Waals surface area contributed by atoms with Gasteiger partial charge in [0.1, 0.15) is 5.82 Å². The van der Waals surface area contributed by atoms with E-state index < -0.39 is 0 Å². The van der Waals surface area contributed by atoms with E-state index in [4.69, 9.17) is 9.47 Å². The summed E-state index contributed by atoms with van der Waals surface area (Å²) in [5, 5.41) is 2.93. The molecule has 24 heavy (non-hydrogen) atoms. The van der Waals surface area contributed by atoms with Crippen LogP contribution in [0.2, 0.25) is 0 Å². The van der Waals surface area contributed by atoms with Crippen molar-refractivity contribution >= 4 is 16.9 Å². The van der Waals surface area contributed by atoms with Gasteiger partial charge in [-0.3, -0.25) is 4.79 Å². The number of rotatable bonds is 4. The molecule has 2 heterocycles. The third-order valence-corrected chi connectivity index (χ3v) is 4.00. The molecule has 6 nitrogen and oxygen atoms in total. The molecule has 0 saturated heterocycles. The van der Waals surface area contributed by atoms with Crippen LogP contribution in [0.15, 0.2) is 36.4 Å². The number of imidazole rings is 1. The fourth-order valence-electron chi connectivity index (χ4n) is 2.80. The topological polar surface area (TPSA) is 76.2 Å². The molecule has 0 radical (unpaired) electrons. The van der Waals surface area contributed by atoms with Crippen LogP contribution in [-0.4, -0.2) is 29.2 Å². The Hall–Kier alpha value is -3.02. The molecule has 0 bridgehead atoms. The Balaban J connectivity index is 1.38. The molecule has 0 atom stereocenters. The number of hydrogen-bond acceptors (Lipinski definition) is 4. The molecule has 6 heteroatoms. The smallest absolute Gasteiger partial charge is 0.251 e. The summed E-state index contributed by atoms with van der Waals surface area (Å²) in [5.74, 6) is 2.07. The zero-order chi connectivity index (χ0) is 16.5. The van der Waals surface area contributed by atoms with E-state index in [-0.39, 0.29) is 12.7 Å². The molecule has 0 unspecified atom stereocenters. The molecule has 3 aromatic rings. The van der Waals surface area contributed by atoms with Gasteiger partial charge in [-0.25, -0.2) is 4.98 Å².